The van der Waals surface area contributed by atoms with Crippen LogP contribution < -0.4 is 5.32 Å². The van der Waals surface area contributed by atoms with E-state index in [0.29, 0.717) is 23.9 Å². The predicted molar refractivity (Wildman–Crippen MR) is 221 cm³/mol. The highest BCUT2D eigenvalue weighted by Gasteiger charge is 2.28. The minimum absolute atomic E-state index is 0.0722. The number of aliphatic hydroxyl groups is 1. The number of carbonyl (C=O) groups excluding carboxylic acids is 1. The number of nitrogens with one attached hydrogen (secondary N) is 1. The summed E-state index contributed by atoms with van der Waals surface area (Å²) in [5, 5.41) is 13.9. The summed E-state index contributed by atoms with van der Waals surface area (Å²) in [5.41, 5.74) is 0. The van der Waals surface area contributed by atoms with E-state index in [9.17, 15) is 19.4 Å². The van der Waals surface area contributed by atoms with Gasteiger partial charge in [0.2, 0.25) is 5.91 Å². The zero-order valence-electron chi connectivity index (χ0n) is 34.8. The maximum atomic E-state index is 12.8. The zero-order valence-corrected chi connectivity index (χ0v) is 35.7. The molecule has 0 aliphatic rings. The van der Waals surface area contributed by atoms with E-state index in [1.54, 1.807) is 0 Å². The van der Waals surface area contributed by atoms with Gasteiger partial charge in [-0.15, -0.1) is 0 Å². The molecule has 0 aromatic carbocycles. The van der Waals surface area contributed by atoms with E-state index in [-0.39, 0.29) is 19.1 Å². The molecule has 3 unspecified atom stereocenters. The fourth-order valence-corrected chi connectivity index (χ4v) is 6.94. The van der Waals surface area contributed by atoms with Gasteiger partial charge in [0.25, 0.3) is 0 Å². The quantitative estimate of drug-likeness (QED) is 0.0250. The number of quaternary nitrogens is 1. The Morgan fingerprint density at radius 3 is 1.65 bits per heavy atom. The second kappa shape index (κ2) is 35.7. The average molecular weight is 758 g/mol. The maximum absolute atomic E-state index is 12.8. The highest BCUT2D eigenvalue weighted by Crippen LogP contribution is 2.43. The summed E-state index contributed by atoms with van der Waals surface area (Å²) in [4.78, 5) is 23.1. The second-order valence-corrected chi connectivity index (χ2v) is 17.5. The lowest BCUT2D eigenvalue weighted by Crippen LogP contribution is -2.46. The second-order valence-electron chi connectivity index (χ2n) is 16.1. The van der Waals surface area contributed by atoms with E-state index in [1.165, 1.54) is 96.3 Å². The van der Waals surface area contributed by atoms with Crippen molar-refractivity contribution in [3.63, 3.8) is 0 Å². The fourth-order valence-electron chi connectivity index (χ4n) is 6.20. The molecule has 3 N–H and O–H groups in total. The Morgan fingerprint density at radius 2 is 1.13 bits per heavy atom. The smallest absolute Gasteiger partial charge is 0.391 e. The van der Waals surface area contributed by atoms with Crippen LogP contribution in [0.3, 0.4) is 0 Å². The van der Waals surface area contributed by atoms with Gasteiger partial charge in [0.15, 0.2) is 0 Å². The van der Waals surface area contributed by atoms with E-state index in [4.69, 9.17) is 9.05 Å². The summed E-state index contributed by atoms with van der Waals surface area (Å²) in [6.45, 7) is 4.81. The van der Waals surface area contributed by atoms with Crippen molar-refractivity contribution in [2.45, 2.75) is 206 Å². The molecule has 0 saturated carbocycles. The summed E-state index contributed by atoms with van der Waals surface area (Å²) >= 11 is 0. The number of allylic oxidation sites excluding steroid dienone is 4. The molecule has 0 bridgehead atoms. The topological polar surface area (TPSA) is 105 Å². The first-order valence-corrected chi connectivity index (χ1v) is 23.2. The van der Waals surface area contributed by atoms with Gasteiger partial charge in [-0.2, -0.15) is 0 Å². The van der Waals surface area contributed by atoms with Gasteiger partial charge in [0.05, 0.1) is 39.9 Å². The van der Waals surface area contributed by atoms with Gasteiger partial charge in [-0.05, 0) is 38.5 Å². The van der Waals surface area contributed by atoms with Crippen molar-refractivity contribution in [1.82, 2.24) is 5.32 Å². The number of aliphatic hydroxyl groups excluding tert-OH is 1. The van der Waals surface area contributed by atoms with Crippen LogP contribution in [0.2, 0.25) is 0 Å². The Hall–Kier alpha value is -1.02. The number of rotatable bonds is 39. The molecule has 0 aliphatic carbocycles. The van der Waals surface area contributed by atoms with Gasteiger partial charge in [0.1, 0.15) is 13.2 Å². The van der Waals surface area contributed by atoms with Crippen LogP contribution >= 0.6 is 7.82 Å². The number of hydrogen-bond donors (Lipinski definition) is 3. The van der Waals surface area contributed by atoms with E-state index < -0.39 is 20.0 Å². The zero-order chi connectivity index (χ0) is 38.6. The third-order valence-electron chi connectivity index (χ3n) is 9.68. The first kappa shape index (κ1) is 51.0. The monoisotopic (exact) mass is 758 g/mol. The van der Waals surface area contributed by atoms with E-state index >= 15 is 0 Å². The van der Waals surface area contributed by atoms with Crippen molar-refractivity contribution < 1.29 is 32.9 Å². The van der Waals surface area contributed by atoms with Gasteiger partial charge in [-0.1, -0.05) is 173 Å². The van der Waals surface area contributed by atoms with E-state index in [0.717, 1.165) is 70.6 Å². The summed E-state index contributed by atoms with van der Waals surface area (Å²) in [7, 11) is 1.61. The van der Waals surface area contributed by atoms with E-state index in [2.05, 4.69) is 43.5 Å². The van der Waals surface area contributed by atoms with Crippen LogP contribution in [0.25, 0.3) is 0 Å². The molecular formula is C43H86N2O6P+. The van der Waals surface area contributed by atoms with Crippen LogP contribution in [0, 0.1) is 0 Å². The fraction of sp³-hybridized carbons (Fsp3) is 0.884. The SMILES string of the molecule is CCC/C=C\C/C=C\CCCCCCCC(=O)NC(COP(=O)(O)OCC[N+](C)(C)C)C(O)CCCCCCCCCCCCCCCCCCC. The number of hydrogen-bond acceptors (Lipinski definition) is 5. The molecule has 8 nitrogen and oxygen atoms in total. The normalized spacial score (nSPS) is 14.7. The van der Waals surface area contributed by atoms with Gasteiger partial charge in [-0.3, -0.25) is 13.8 Å². The lowest BCUT2D eigenvalue weighted by Gasteiger charge is -2.26. The molecule has 0 aromatic rings. The number of phosphoric acid groups is 1. The summed E-state index contributed by atoms with van der Waals surface area (Å²) in [5.74, 6) is -0.159. The van der Waals surface area contributed by atoms with Crippen LogP contribution in [-0.2, 0) is 18.4 Å². The van der Waals surface area contributed by atoms with Crippen LogP contribution in [-0.4, -0.2) is 73.4 Å². The van der Waals surface area contributed by atoms with Gasteiger partial charge in [0, 0.05) is 6.42 Å². The molecule has 0 rings (SSSR count). The molecule has 308 valence electrons. The number of nitrogens with zero attached hydrogens (tertiary/aromatic N) is 1. The number of unbranched alkanes of at least 4 members (excludes halogenated alkanes) is 22. The minimum atomic E-state index is -4.31. The predicted octanol–water partition coefficient (Wildman–Crippen LogP) is 11.7. The van der Waals surface area contributed by atoms with Crippen LogP contribution in [0.1, 0.15) is 194 Å². The first-order valence-electron chi connectivity index (χ1n) is 21.7. The lowest BCUT2D eigenvalue weighted by atomic mass is 10.0. The molecule has 0 fully saturated rings. The van der Waals surface area contributed by atoms with Crippen molar-refractivity contribution in [1.29, 1.82) is 0 Å². The summed E-state index contributed by atoms with van der Waals surface area (Å²) in [6, 6.07) is -0.764. The molecule has 0 aromatic heterocycles. The first-order chi connectivity index (χ1) is 25.0. The standard InChI is InChI=1S/C43H85N2O6P/c1-6-8-10-12-14-16-18-20-21-22-23-25-26-28-30-32-34-36-42(46)41(40-51-52(48,49)50-39-38-45(3,4)5)44-43(47)37-35-33-31-29-27-24-19-17-15-13-11-9-7-2/h11,13,17,19,41-42,46H,6-10,12,14-16,18,20-40H2,1-5H3,(H-,44,47,48,49)/p+1/b13-11-,19-17-. The molecule has 9 heteroatoms. The average Bonchev–Trinajstić information content (AvgIpc) is 3.09. The Kier molecular flexibility index (Phi) is 35.0. The van der Waals surface area contributed by atoms with Crippen LogP contribution in [0.15, 0.2) is 24.3 Å². The molecule has 0 radical (unpaired) electrons. The Bertz CT molecular complexity index is 907. The number of carbonyl (C=O) groups is 1. The van der Waals surface area contributed by atoms with Crippen LogP contribution in [0.4, 0.5) is 0 Å². The molecule has 52 heavy (non-hydrogen) atoms. The molecule has 3 atom stereocenters. The van der Waals surface area contributed by atoms with Gasteiger partial charge >= 0.3 is 7.82 Å². The maximum Gasteiger partial charge on any atom is 0.472 e. The lowest BCUT2D eigenvalue weighted by molar-refractivity contribution is -0.870. The van der Waals surface area contributed by atoms with Gasteiger partial charge < -0.3 is 19.8 Å². The molecule has 1 amide bonds. The van der Waals surface area contributed by atoms with E-state index in [1.807, 2.05) is 21.1 Å². The molecular weight excluding hydrogens is 671 g/mol. The Morgan fingerprint density at radius 1 is 0.654 bits per heavy atom. The van der Waals surface area contributed by atoms with Crippen molar-refractivity contribution in [2.24, 2.45) is 0 Å². The summed E-state index contributed by atoms with van der Waals surface area (Å²) in [6.07, 6.45) is 40.5. The minimum Gasteiger partial charge on any atom is -0.391 e. The van der Waals surface area contributed by atoms with Gasteiger partial charge in [-0.25, -0.2) is 4.57 Å². The number of likely N-dealkylation sites (N-methyl/N-ethyl adjacent to an activating group) is 1. The highest BCUT2D eigenvalue weighted by molar-refractivity contribution is 7.47. The van der Waals surface area contributed by atoms with Crippen molar-refractivity contribution in [2.75, 3.05) is 40.9 Å². The van der Waals surface area contributed by atoms with Crippen molar-refractivity contribution in [3.8, 4) is 0 Å². The summed E-state index contributed by atoms with van der Waals surface area (Å²) < 4.78 is 23.6. The highest BCUT2D eigenvalue weighted by atomic mass is 31.2. The Balaban J connectivity index is 4.38. The van der Waals surface area contributed by atoms with Crippen molar-refractivity contribution >= 4 is 13.7 Å². The third-order valence-corrected chi connectivity index (χ3v) is 10.7. The number of phosphoric ester groups is 1. The molecule has 0 heterocycles. The molecule has 0 spiro atoms. The third kappa shape index (κ3) is 37.3. The molecule has 0 saturated heterocycles. The molecule has 0 aliphatic heterocycles. The van der Waals surface area contributed by atoms with Crippen molar-refractivity contribution in [3.05, 3.63) is 24.3 Å². The Labute approximate surface area is 322 Å². The largest absolute Gasteiger partial charge is 0.472 e. The number of amides is 1. The van der Waals surface area contributed by atoms with Crippen LogP contribution in [0.5, 0.6) is 0 Å².